The number of carbonyl (C=O) groups excluding carboxylic acids is 1. The standard InChI is InChI=1S/C23H22F3N5O4/c1-29(2)9-10-30-17-12-15(7-8-18(17)35-22(30)33)27-21(32)20-19(34-3)13-31(28-20)16-6-4-5-14(11-16)23(24,25)26/h4-8,11-13H,9-10H2,1-3H3,(H,27,32). The Kier molecular flexibility index (Phi) is 6.39. The molecule has 0 saturated heterocycles. The largest absolute Gasteiger partial charge is 0.493 e. The zero-order valence-electron chi connectivity index (χ0n) is 19.1. The van der Waals surface area contributed by atoms with Crippen LogP contribution in [0.5, 0.6) is 5.75 Å². The summed E-state index contributed by atoms with van der Waals surface area (Å²) in [5.41, 5.74) is 0.403. The Morgan fingerprint density at radius 1 is 1.20 bits per heavy atom. The molecule has 0 bridgehead atoms. The van der Waals surface area contributed by atoms with Gasteiger partial charge in [0.15, 0.2) is 17.0 Å². The second-order valence-electron chi connectivity index (χ2n) is 8.00. The van der Waals surface area contributed by atoms with Crippen LogP contribution in [0.15, 0.2) is 57.9 Å². The number of nitrogens with zero attached hydrogens (tertiary/aromatic N) is 4. The first-order valence-corrected chi connectivity index (χ1v) is 10.5. The fourth-order valence-corrected chi connectivity index (χ4v) is 3.46. The van der Waals surface area contributed by atoms with E-state index in [0.29, 0.717) is 29.9 Å². The quantitative estimate of drug-likeness (QED) is 0.426. The van der Waals surface area contributed by atoms with Gasteiger partial charge in [-0.05, 0) is 50.5 Å². The van der Waals surface area contributed by atoms with E-state index in [-0.39, 0.29) is 17.1 Å². The van der Waals surface area contributed by atoms with Gasteiger partial charge in [0.2, 0.25) is 0 Å². The number of amides is 1. The van der Waals surface area contributed by atoms with Crippen molar-refractivity contribution >= 4 is 22.7 Å². The van der Waals surface area contributed by atoms with Gasteiger partial charge in [-0.15, -0.1) is 0 Å². The Bertz CT molecular complexity index is 1440. The van der Waals surface area contributed by atoms with E-state index in [2.05, 4.69) is 10.4 Å². The van der Waals surface area contributed by atoms with Gasteiger partial charge in [-0.2, -0.15) is 18.3 Å². The summed E-state index contributed by atoms with van der Waals surface area (Å²) in [6.07, 6.45) is -3.20. The molecule has 2 aromatic heterocycles. The van der Waals surface area contributed by atoms with Crippen LogP contribution in [0, 0.1) is 0 Å². The van der Waals surface area contributed by atoms with Crippen molar-refractivity contribution in [3.8, 4) is 11.4 Å². The number of alkyl halides is 3. The molecule has 0 spiro atoms. The van der Waals surface area contributed by atoms with Gasteiger partial charge in [-0.25, -0.2) is 9.48 Å². The number of fused-ring (bicyclic) bond motifs is 1. The Morgan fingerprint density at radius 2 is 1.97 bits per heavy atom. The lowest BCUT2D eigenvalue weighted by molar-refractivity contribution is -0.137. The van der Waals surface area contributed by atoms with Crippen LogP contribution in [0.2, 0.25) is 0 Å². The van der Waals surface area contributed by atoms with Crippen molar-refractivity contribution < 1.29 is 27.1 Å². The maximum atomic E-state index is 13.1. The highest BCUT2D eigenvalue weighted by Crippen LogP contribution is 2.31. The van der Waals surface area contributed by atoms with Crippen LogP contribution in [0.3, 0.4) is 0 Å². The topological polar surface area (TPSA) is 94.5 Å². The average Bonchev–Trinajstić information content (AvgIpc) is 3.37. The molecule has 0 unspecified atom stereocenters. The van der Waals surface area contributed by atoms with Crippen molar-refractivity contribution in [2.24, 2.45) is 0 Å². The summed E-state index contributed by atoms with van der Waals surface area (Å²) in [5.74, 6) is -1.07. The van der Waals surface area contributed by atoms with Gasteiger partial charge in [-0.1, -0.05) is 6.07 Å². The molecule has 0 aliphatic rings. The van der Waals surface area contributed by atoms with Crippen molar-refractivity contribution in [1.29, 1.82) is 0 Å². The maximum absolute atomic E-state index is 13.1. The highest BCUT2D eigenvalue weighted by Gasteiger charge is 2.31. The Morgan fingerprint density at radius 3 is 2.66 bits per heavy atom. The fourth-order valence-electron chi connectivity index (χ4n) is 3.46. The molecule has 1 amide bonds. The number of anilines is 1. The van der Waals surface area contributed by atoms with E-state index in [1.54, 1.807) is 18.2 Å². The predicted octanol–water partition coefficient (Wildman–Crippen LogP) is 3.62. The number of oxazole rings is 1. The first kappa shape index (κ1) is 24.1. The van der Waals surface area contributed by atoms with Gasteiger partial charge < -0.3 is 19.4 Å². The van der Waals surface area contributed by atoms with E-state index in [1.807, 2.05) is 19.0 Å². The van der Waals surface area contributed by atoms with Gasteiger partial charge in [0.25, 0.3) is 5.91 Å². The molecule has 0 radical (unpaired) electrons. The molecule has 0 fully saturated rings. The molecule has 2 aromatic carbocycles. The summed E-state index contributed by atoms with van der Waals surface area (Å²) in [6, 6.07) is 9.29. The molecule has 2 heterocycles. The van der Waals surface area contributed by atoms with Crippen molar-refractivity contribution in [2.45, 2.75) is 12.7 Å². The fraction of sp³-hybridized carbons (Fsp3) is 0.261. The molecule has 9 nitrogen and oxygen atoms in total. The summed E-state index contributed by atoms with van der Waals surface area (Å²) in [7, 11) is 5.08. The number of aromatic nitrogens is 3. The van der Waals surface area contributed by atoms with Crippen molar-refractivity contribution in [3.05, 3.63) is 70.5 Å². The SMILES string of the molecule is COc1cn(-c2cccc(C(F)(F)F)c2)nc1C(=O)Nc1ccc2oc(=O)n(CCN(C)C)c2c1. The third-order valence-corrected chi connectivity index (χ3v) is 5.25. The number of ether oxygens (including phenoxy) is 1. The van der Waals surface area contributed by atoms with Crippen LogP contribution in [-0.4, -0.2) is 52.9 Å². The number of halogens is 3. The second-order valence-corrected chi connectivity index (χ2v) is 8.00. The highest BCUT2D eigenvalue weighted by molar-refractivity contribution is 6.05. The molecule has 0 aliphatic heterocycles. The maximum Gasteiger partial charge on any atom is 0.419 e. The van der Waals surface area contributed by atoms with Gasteiger partial charge in [-0.3, -0.25) is 9.36 Å². The molecule has 0 aliphatic carbocycles. The molecule has 35 heavy (non-hydrogen) atoms. The van der Waals surface area contributed by atoms with E-state index in [1.165, 1.54) is 30.0 Å². The number of nitrogens with one attached hydrogen (secondary N) is 1. The first-order valence-electron chi connectivity index (χ1n) is 10.5. The van der Waals surface area contributed by atoms with E-state index >= 15 is 0 Å². The van der Waals surface area contributed by atoms with Gasteiger partial charge in [0, 0.05) is 18.8 Å². The molecule has 12 heteroatoms. The van der Waals surface area contributed by atoms with E-state index < -0.39 is 23.4 Å². The minimum absolute atomic E-state index is 0.0761. The molecule has 4 rings (SSSR count). The van der Waals surface area contributed by atoms with Crippen molar-refractivity contribution in [3.63, 3.8) is 0 Å². The van der Waals surface area contributed by atoms with Crippen LogP contribution in [-0.2, 0) is 12.7 Å². The number of likely N-dealkylation sites (N-methyl/N-ethyl adjacent to an activating group) is 1. The molecular formula is C23H22F3N5O4. The van der Waals surface area contributed by atoms with Gasteiger partial charge in [0.1, 0.15) is 0 Å². The summed E-state index contributed by atoms with van der Waals surface area (Å²) < 4.78 is 52.3. The zero-order valence-corrected chi connectivity index (χ0v) is 19.1. The third kappa shape index (κ3) is 5.06. The number of hydrogen-bond donors (Lipinski definition) is 1. The third-order valence-electron chi connectivity index (χ3n) is 5.25. The monoisotopic (exact) mass is 489 g/mol. The second kappa shape index (κ2) is 9.29. The van der Waals surface area contributed by atoms with Crippen LogP contribution in [0.4, 0.5) is 18.9 Å². The molecule has 1 N–H and O–H groups in total. The lowest BCUT2D eigenvalue weighted by Crippen LogP contribution is -2.23. The molecule has 4 aromatic rings. The predicted molar refractivity (Wildman–Crippen MR) is 122 cm³/mol. The molecule has 184 valence electrons. The van der Waals surface area contributed by atoms with E-state index in [4.69, 9.17) is 9.15 Å². The summed E-state index contributed by atoms with van der Waals surface area (Å²) >= 11 is 0. The van der Waals surface area contributed by atoms with Crippen molar-refractivity contribution in [2.75, 3.05) is 33.1 Å². The Labute approximate surface area is 197 Å². The molecule has 0 saturated carbocycles. The normalized spacial score (nSPS) is 11.9. The lowest BCUT2D eigenvalue weighted by Gasteiger charge is -2.10. The number of hydrogen-bond acceptors (Lipinski definition) is 6. The van der Waals surface area contributed by atoms with E-state index in [9.17, 15) is 22.8 Å². The average molecular weight is 489 g/mol. The lowest BCUT2D eigenvalue weighted by atomic mass is 10.2. The first-order chi connectivity index (χ1) is 16.6. The van der Waals surface area contributed by atoms with Crippen LogP contribution < -0.4 is 15.8 Å². The summed E-state index contributed by atoms with van der Waals surface area (Å²) in [5, 5.41) is 6.82. The number of carbonyl (C=O) groups is 1. The molecular weight excluding hydrogens is 467 g/mol. The van der Waals surface area contributed by atoms with Crippen molar-refractivity contribution in [1.82, 2.24) is 19.2 Å². The van der Waals surface area contributed by atoms with Gasteiger partial charge >= 0.3 is 11.9 Å². The van der Waals surface area contributed by atoms with Crippen LogP contribution in [0.1, 0.15) is 16.1 Å². The van der Waals surface area contributed by atoms with Crippen LogP contribution >= 0.6 is 0 Å². The zero-order chi connectivity index (χ0) is 25.3. The van der Waals surface area contributed by atoms with E-state index in [0.717, 1.165) is 16.8 Å². The Balaban J connectivity index is 1.62. The summed E-state index contributed by atoms with van der Waals surface area (Å²) in [6.45, 7) is 1.00. The Hall–Kier alpha value is -4.06. The number of methoxy groups -OCH3 is 1. The van der Waals surface area contributed by atoms with Crippen LogP contribution in [0.25, 0.3) is 16.8 Å². The minimum atomic E-state index is -4.52. The summed E-state index contributed by atoms with van der Waals surface area (Å²) in [4.78, 5) is 27.1. The number of benzene rings is 2. The van der Waals surface area contributed by atoms with Gasteiger partial charge in [0.05, 0.1) is 30.1 Å². The smallest absolute Gasteiger partial charge is 0.419 e. The number of rotatable bonds is 7. The minimum Gasteiger partial charge on any atom is -0.493 e. The molecule has 0 atom stereocenters. The highest BCUT2D eigenvalue weighted by atomic mass is 19.4.